The lowest BCUT2D eigenvalue weighted by molar-refractivity contribution is -0.119. The molecule has 0 fully saturated rings. The molecule has 0 bridgehead atoms. The lowest BCUT2D eigenvalue weighted by Crippen LogP contribution is -2.37. The van der Waals surface area contributed by atoms with Crippen molar-refractivity contribution >= 4 is 33.5 Å². The van der Waals surface area contributed by atoms with E-state index < -0.39 is 0 Å². The number of carbonyl (C=O) groups excluding carboxylic acids is 1. The molecule has 0 aromatic carbocycles. The zero-order chi connectivity index (χ0) is 15.0. The first-order valence-corrected chi connectivity index (χ1v) is 7.63. The molecule has 1 aromatic heterocycles. The maximum Gasteiger partial charge on any atom is 0.239 e. The van der Waals surface area contributed by atoms with E-state index in [1.165, 1.54) is 6.33 Å². The largest absolute Gasteiger partial charge is 0.369 e. The molecule has 1 aromatic rings. The number of carbonyl (C=O) groups is 1. The van der Waals surface area contributed by atoms with Crippen LogP contribution in [0.5, 0.6) is 0 Å². The minimum Gasteiger partial charge on any atom is -0.369 e. The third kappa shape index (κ3) is 4.63. The fraction of sp³-hybridized carbons (Fsp3) is 0.615. The number of hydrogen-bond acceptors (Lipinski definition) is 5. The number of rotatable bonds is 8. The van der Waals surface area contributed by atoms with Gasteiger partial charge >= 0.3 is 0 Å². The molecule has 20 heavy (non-hydrogen) atoms. The van der Waals surface area contributed by atoms with Crippen LogP contribution < -0.4 is 15.5 Å². The molecule has 0 saturated heterocycles. The monoisotopic (exact) mass is 343 g/mol. The molecule has 7 heteroatoms. The minimum atomic E-state index is -0.0352. The van der Waals surface area contributed by atoms with Gasteiger partial charge in [-0.05, 0) is 28.8 Å². The number of halogens is 1. The Balaban J connectivity index is 2.97. The maximum absolute atomic E-state index is 11.6. The Kier molecular flexibility index (Phi) is 7.28. The fourth-order valence-electron chi connectivity index (χ4n) is 1.73. The summed E-state index contributed by atoms with van der Waals surface area (Å²) in [4.78, 5) is 22.1. The normalized spacial score (nSPS) is 10.2. The van der Waals surface area contributed by atoms with Crippen LogP contribution in [0, 0.1) is 0 Å². The van der Waals surface area contributed by atoms with Gasteiger partial charge in [-0.1, -0.05) is 13.8 Å². The van der Waals surface area contributed by atoms with Crippen molar-refractivity contribution in [2.24, 2.45) is 0 Å². The summed E-state index contributed by atoms with van der Waals surface area (Å²) in [5.74, 6) is 1.46. The third-order valence-electron chi connectivity index (χ3n) is 2.72. The number of nitrogens with one attached hydrogen (secondary N) is 2. The Hall–Kier alpha value is -1.37. The van der Waals surface area contributed by atoms with E-state index in [4.69, 9.17) is 0 Å². The molecule has 0 aliphatic carbocycles. The molecule has 1 heterocycles. The van der Waals surface area contributed by atoms with E-state index in [0.29, 0.717) is 0 Å². The van der Waals surface area contributed by atoms with Crippen LogP contribution in [-0.2, 0) is 4.79 Å². The Morgan fingerprint density at radius 3 is 2.70 bits per heavy atom. The summed E-state index contributed by atoms with van der Waals surface area (Å²) in [5, 5.41) is 5.88. The van der Waals surface area contributed by atoms with Crippen LogP contribution in [-0.4, -0.2) is 42.6 Å². The first-order chi connectivity index (χ1) is 9.63. The van der Waals surface area contributed by atoms with Crippen molar-refractivity contribution in [3.05, 3.63) is 10.8 Å². The molecule has 1 amide bonds. The lowest BCUT2D eigenvalue weighted by atomic mass is 10.3. The van der Waals surface area contributed by atoms with E-state index in [0.717, 1.165) is 42.0 Å². The van der Waals surface area contributed by atoms with Crippen LogP contribution in [0.1, 0.15) is 26.7 Å². The smallest absolute Gasteiger partial charge is 0.239 e. The molecule has 1 rings (SSSR count). The van der Waals surface area contributed by atoms with E-state index in [-0.39, 0.29) is 12.5 Å². The standard InChI is InChI=1S/C13H22BrN5O/c1-4-6-16-12-11(14)13(18-9-17-12)19(7-5-2)8-10(20)15-3/h9H,4-8H2,1-3H3,(H,15,20)(H,16,17,18). The van der Waals surface area contributed by atoms with E-state index >= 15 is 0 Å². The van der Waals surface area contributed by atoms with Crippen molar-refractivity contribution in [1.82, 2.24) is 15.3 Å². The minimum absolute atomic E-state index is 0.0352. The second kappa shape index (κ2) is 8.73. The van der Waals surface area contributed by atoms with Gasteiger partial charge in [-0.2, -0.15) is 0 Å². The second-order valence-electron chi connectivity index (χ2n) is 4.38. The molecule has 0 saturated carbocycles. The van der Waals surface area contributed by atoms with Gasteiger partial charge in [-0.3, -0.25) is 4.79 Å². The van der Waals surface area contributed by atoms with E-state index in [1.807, 2.05) is 4.90 Å². The van der Waals surface area contributed by atoms with Gasteiger partial charge < -0.3 is 15.5 Å². The van der Waals surface area contributed by atoms with Crippen LogP contribution in [0.2, 0.25) is 0 Å². The highest BCUT2D eigenvalue weighted by molar-refractivity contribution is 9.10. The molecule has 0 aliphatic heterocycles. The van der Waals surface area contributed by atoms with Crippen LogP contribution in [0.4, 0.5) is 11.6 Å². The molecule has 2 N–H and O–H groups in total. The Bertz CT molecular complexity index is 441. The highest BCUT2D eigenvalue weighted by Gasteiger charge is 2.17. The summed E-state index contributed by atoms with van der Waals surface area (Å²) in [6.45, 7) is 6.06. The fourth-order valence-corrected chi connectivity index (χ4v) is 2.33. The third-order valence-corrected chi connectivity index (χ3v) is 3.45. The zero-order valence-corrected chi connectivity index (χ0v) is 13.8. The van der Waals surface area contributed by atoms with Gasteiger partial charge in [0.15, 0.2) is 0 Å². The van der Waals surface area contributed by atoms with Crippen molar-refractivity contribution in [2.75, 3.05) is 36.9 Å². The molecule has 0 radical (unpaired) electrons. The molecule has 0 unspecified atom stereocenters. The summed E-state index contributed by atoms with van der Waals surface area (Å²) in [7, 11) is 1.63. The summed E-state index contributed by atoms with van der Waals surface area (Å²) < 4.78 is 0.797. The van der Waals surface area contributed by atoms with Gasteiger partial charge in [0.1, 0.15) is 22.4 Å². The number of nitrogens with zero attached hydrogens (tertiary/aromatic N) is 3. The lowest BCUT2D eigenvalue weighted by Gasteiger charge is -2.24. The van der Waals surface area contributed by atoms with Crippen LogP contribution >= 0.6 is 15.9 Å². The molecular weight excluding hydrogens is 322 g/mol. The average molecular weight is 344 g/mol. The van der Waals surface area contributed by atoms with Crippen molar-refractivity contribution < 1.29 is 4.79 Å². The van der Waals surface area contributed by atoms with Crippen LogP contribution in [0.3, 0.4) is 0 Å². The zero-order valence-electron chi connectivity index (χ0n) is 12.2. The van der Waals surface area contributed by atoms with E-state index in [1.54, 1.807) is 7.05 Å². The quantitative estimate of drug-likeness (QED) is 0.755. The van der Waals surface area contributed by atoms with Crippen molar-refractivity contribution in [3.63, 3.8) is 0 Å². The number of amides is 1. The number of anilines is 2. The summed E-state index contributed by atoms with van der Waals surface area (Å²) in [6.07, 6.45) is 3.47. The van der Waals surface area contributed by atoms with Gasteiger partial charge in [0.25, 0.3) is 0 Å². The SMILES string of the molecule is CCCNc1ncnc(N(CCC)CC(=O)NC)c1Br. The summed E-state index contributed by atoms with van der Waals surface area (Å²) >= 11 is 3.53. The van der Waals surface area contributed by atoms with Crippen molar-refractivity contribution in [1.29, 1.82) is 0 Å². The van der Waals surface area contributed by atoms with E-state index in [9.17, 15) is 4.79 Å². The predicted molar refractivity (Wildman–Crippen MR) is 85.1 cm³/mol. The molecule has 6 nitrogen and oxygen atoms in total. The molecule has 0 spiro atoms. The topological polar surface area (TPSA) is 70.2 Å². The highest BCUT2D eigenvalue weighted by atomic mass is 79.9. The number of hydrogen-bond donors (Lipinski definition) is 2. The first kappa shape index (κ1) is 16.7. The van der Waals surface area contributed by atoms with Crippen molar-refractivity contribution in [2.45, 2.75) is 26.7 Å². The highest BCUT2D eigenvalue weighted by Crippen LogP contribution is 2.29. The Morgan fingerprint density at radius 1 is 1.35 bits per heavy atom. The molecule has 112 valence electrons. The summed E-state index contributed by atoms with van der Waals surface area (Å²) in [6, 6.07) is 0. The number of aromatic nitrogens is 2. The molecule has 0 atom stereocenters. The first-order valence-electron chi connectivity index (χ1n) is 6.83. The predicted octanol–water partition coefficient (Wildman–Crippen LogP) is 2.02. The van der Waals surface area contributed by atoms with E-state index in [2.05, 4.69) is 50.4 Å². The van der Waals surface area contributed by atoms with Gasteiger partial charge in [0, 0.05) is 20.1 Å². The van der Waals surface area contributed by atoms with Gasteiger partial charge in [-0.25, -0.2) is 9.97 Å². The Labute approximate surface area is 128 Å². The maximum atomic E-state index is 11.6. The molecule has 0 aliphatic rings. The van der Waals surface area contributed by atoms with Crippen molar-refractivity contribution in [3.8, 4) is 0 Å². The average Bonchev–Trinajstić information content (AvgIpc) is 2.45. The van der Waals surface area contributed by atoms with Crippen LogP contribution in [0.25, 0.3) is 0 Å². The second-order valence-corrected chi connectivity index (χ2v) is 5.17. The van der Waals surface area contributed by atoms with Crippen LogP contribution in [0.15, 0.2) is 10.8 Å². The van der Waals surface area contributed by atoms with Gasteiger partial charge in [0.05, 0.1) is 6.54 Å². The molecular formula is C13H22BrN5O. The van der Waals surface area contributed by atoms with Gasteiger partial charge in [0.2, 0.25) is 5.91 Å². The Morgan fingerprint density at radius 2 is 2.10 bits per heavy atom. The summed E-state index contributed by atoms with van der Waals surface area (Å²) in [5.41, 5.74) is 0. The van der Waals surface area contributed by atoms with Gasteiger partial charge in [-0.15, -0.1) is 0 Å². The number of likely N-dealkylation sites (N-methyl/N-ethyl adjacent to an activating group) is 1.